The summed E-state index contributed by atoms with van der Waals surface area (Å²) in [5.41, 5.74) is 7.68. The summed E-state index contributed by atoms with van der Waals surface area (Å²) in [5.74, 6) is 6.69. The first-order valence-corrected chi connectivity index (χ1v) is 8.42. The Morgan fingerprint density at radius 3 is 2.65 bits per heavy atom. The molecule has 0 heterocycles. The summed E-state index contributed by atoms with van der Waals surface area (Å²) >= 11 is 0. The molecule has 0 aromatic heterocycles. The first-order valence-electron chi connectivity index (χ1n) is 8.42. The molecule has 0 amide bonds. The van der Waals surface area contributed by atoms with Gasteiger partial charge in [0.15, 0.2) is 0 Å². The van der Waals surface area contributed by atoms with Gasteiger partial charge in [0.2, 0.25) is 0 Å². The second kappa shape index (κ2) is 6.73. The van der Waals surface area contributed by atoms with Crippen LogP contribution < -0.4 is 11.3 Å². The number of nitrogens with two attached hydrogens (primary N) is 1. The van der Waals surface area contributed by atoms with Crippen molar-refractivity contribution in [1.82, 2.24) is 5.43 Å². The minimum absolute atomic E-state index is 0.442. The number of rotatable bonds is 5. The van der Waals surface area contributed by atoms with Crippen LogP contribution in [-0.2, 0) is 19.3 Å². The Morgan fingerprint density at radius 2 is 1.85 bits per heavy atom. The van der Waals surface area contributed by atoms with Gasteiger partial charge >= 0.3 is 0 Å². The molecule has 1 atom stereocenters. The summed E-state index contributed by atoms with van der Waals surface area (Å²) in [6, 6.07) is 7.52. The van der Waals surface area contributed by atoms with E-state index in [1.807, 2.05) is 0 Å². The quantitative estimate of drug-likeness (QED) is 0.636. The fourth-order valence-corrected chi connectivity index (χ4v) is 4.07. The average molecular weight is 272 g/mol. The number of aryl methyl sites for hydroxylation is 2. The van der Waals surface area contributed by atoms with Crippen LogP contribution in [0.2, 0.25) is 0 Å². The topological polar surface area (TPSA) is 38.0 Å². The minimum Gasteiger partial charge on any atom is -0.271 e. The highest BCUT2D eigenvalue weighted by Crippen LogP contribution is 2.28. The molecule has 2 aliphatic carbocycles. The monoisotopic (exact) mass is 272 g/mol. The molecule has 3 rings (SSSR count). The van der Waals surface area contributed by atoms with Crippen LogP contribution in [0, 0.1) is 5.92 Å². The summed E-state index contributed by atoms with van der Waals surface area (Å²) in [7, 11) is 0. The minimum atomic E-state index is 0.442. The molecule has 110 valence electrons. The summed E-state index contributed by atoms with van der Waals surface area (Å²) < 4.78 is 0. The molecule has 1 unspecified atom stereocenters. The second-order valence-electron chi connectivity index (χ2n) is 6.76. The Morgan fingerprint density at radius 1 is 1.05 bits per heavy atom. The van der Waals surface area contributed by atoms with E-state index in [2.05, 4.69) is 23.6 Å². The zero-order valence-corrected chi connectivity index (χ0v) is 12.5. The van der Waals surface area contributed by atoms with Gasteiger partial charge in [-0.3, -0.25) is 11.3 Å². The predicted octanol–water partition coefficient (Wildman–Crippen LogP) is 3.52. The van der Waals surface area contributed by atoms with Crippen molar-refractivity contribution in [3.8, 4) is 0 Å². The highest BCUT2D eigenvalue weighted by atomic mass is 15.2. The highest BCUT2D eigenvalue weighted by Gasteiger charge is 2.19. The van der Waals surface area contributed by atoms with Crippen molar-refractivity contribution in [2.45, 2.75) is 70.3 Å². The molecule has 2 heteroatoms. The summed E-state index contributed by atoms with van der Waals surface area (Å²) in [4.78, 5) is 0. The van der Waals surface area contributed by atoms with Crippen LogP contribution in [0.1, 0.15) is 61.6 Å². The van der Waals surface area contributed by atoms with E-state index in [1.165, 1.54) is 63.4 Å². The van der Waals surface area contributed by atoms with Crippen molar-refractivity contribution < 1.29 is 0 Å². The van der Waals surface area contributed by atoms with Crippen LogP contribution in [-0.4, -0.2) is 6.04 Å². The molecular formula is C18H28N2. The average Bonchev–Trinajstić information content (AvgIpc) is 2.95. The molecule has 1 fully saturated rings. The molecule has 20 heavy (non-hydrogen) atoms. The lowest BCUT2D eigenvalue weighted by Crippen LogP contribution is -2.38. The molecule has 1 saturated carbocycles. The van der Waals surface area contributed by atoms with Gasteiger partial charge < -0.3 is 0 Å². The van der Waals surface area contributed by atoms with Crippen molar-refractivity contribution in [2.24, 2.45) is 11.8 Å². The number of nitrogens with one attached hydrogen (secondary N) is 1. The van der Waals surface area contributed by atoms with E-state index in [0.29, 0.717) is 6.04 Å². The third-order valence-corrected chi connectivity index (χ3v) is 5.22. The zero-order chi connectivity index (χ0) is 13.8. The van der Waals surface area contributed by atoms with Gasteiger partial charge in [0.25, 0.3) is 0 Å². The Kier molecular flexibility index (Phi) is 4.74. The fraction of sp³-hybridized carbons (Fsp3) is 0.667. The number of hydrogen-bond donors (Lipinski definition) is 2. The molecule has 0 bridgehead atoms. The van der Waals surface area contributed by atoms with Gasteiger partial charge in [0.05, 0.1) is 0 Å². The number of hydrogen-bond acceptors (Lipinski definition) is 2. The smallest absolute Gasteiger partial charge is 0.0253 e. The van der Waals surface area contributed by atoms with E-state index in [9.17, 15) is 0 Å². The Labute approximate surface area is 123 Å². The van der Waals surface area contributed by atoms with Crippen molar-refractivity contribution in [3.63, 3.8) is 0 Å². The van der Waals surface area contributed by atoms with Crippen molar-refractivity contribution in [3.05, 3.63) is 34.9 Å². The van der Waals surface area contributed by atoms with Crippen LogP contribution >= 0.6 is 0 Å². The van der Waals surface area contributed by atoms with E-state index in [0.717, 1.165) is 12.3 Å². The molecule has 0 spiro atoms. The third-order valence-electron chi connectivity index (χ3n) is 5.22. The number of hydrazine groups is 1. The third kappa shape index (κ3) is 3.42. The maximum absolute atomic E-state index is 5.80. The predicted molar refractivity (Wildman–Crippen MR) is 84.5 cm³/mol. The van der Waals surface area contributed by atoms with Crippen LogP contribution in [0.3, 0.4) is 0 Å². The summed E-state index contributed by atoms with van der Waals surface area (Å²) in [5, 5.41) is 0. The van der Waals surface area contributed by atoms with Gasteiger partial charge in [-0.05, 0) is 54.7 Å². The maximum atomic E-state index is 5.80. The molecule has 0 radical (unpaired) electrons. The fourth-order valence-electron chi connectivity index (χ4n) is 4.07. The molecule has 2 aliphatic rings. The van der Waals surface area contributed by atoms with Gasteiger partial charge in [-0.1, -0.05) is 50.3 Å². The summed E-state index contributed by atoms with van der Waals surface area (Å²) in [6.07, 6.45) is 13.3. The Hall–Kier alpha value is -0.860. The number of fused-ring (bicyclic) bond motifs is 1. The zero-order valence-electron chi connectivity index (χ0n) is 12.5. The second-order valence-corrected chi connectivity index (χ2v) is 6.76. The lowest BCUT2D eigenvalue weighted by Gasteiger charge is -2.26. The van der Waals surface area contributed by atoms with E-state index in [1.54, 1.807) is 11.1 Å². The SMILES string of the molecule is NNC(Cc1ccc2c(c1)CCC2)CC1CCCCC1. The number of benzene rings is 1. The highest BCUT2D eigenvalue weighted by molar-refractivity contribution is 5.35. The van der Waals surface area contributed by atoms with Crippen LogP contribution in [0.5, 0.6) is 0 Å². The Balaban J connectivity index is 1.59. The molecule has 3 N–H and O–H groups in total. The van der Waals surface area contributed by atoms with E-state index >= 15 is 0 Å². The van der Waals surface area contributed by atoms with Gasteiger partial charge in [-0.25, -0.2) is 0 Å². The van der Waals surface area contributed by atoms with E-state index < -0.39 is 0 Å². The largest absolute Gasteiger partial charge is 0.271 e. The molecule has 0 aliphatic heterocycles. The van der Waals surface area contributed by atoms with Crippen molar-refractivity contribution >= 4 is 0 Å². The van der Waals surface area contributed by atoms with E-state index in [-0.39, 0.29) is 0 Å². The van der Waals surface area contributed by atoms with Crippen molar-refractivity contribution in [2.75, 3.05) is 0 Å². The van der Waals surface area contributed by atoms with Crippen LogP contribution in [0.15, 0.2) is 18.2 Å². The molecule has 1 aromatic rings. The van der Waals surface area contributed by atoms with Gasteiger partial charge in [-0.15, -0.1) is 0 Å². The molecule has 2 nitrogen and oxygen atoms in total. The Bertz CT molecular complexity index is 435. The standard InChI is InChI=1S/C18H28N2/c19-20-18(12-14-5-2-1-3-6-14)13-15-9-10-16-7-4-8-17(16)11-15/h9-11,14,18,20H,1-8,12-13,19H2. The maximum Gasteiger partial charge on any atom is 0.0253 e. The molecular weight excluding hydrogens is 244 g/mol. The normalized spacial score (nSPS) is 20.9. The lowest BCUT2D eigenvalue weighted by atomic mass is 9.83. The van der Waals surface area contributed by atoms with E-state index in [4.69, 9.17) is 5.84 Å². The van der Waals surface area contributed by atoms with Gasteiger partial charge in [-0.2, -0.15) is 0 Å². The summed E-state index contributed by atoms with van der Waals surface area (Å²) in [6.45, 7) is 0. The first-order chi connectivity index (χ1) is 9.85. The van der Waals surface area contributed by atoms with Gasteiger partial charge in [0.1, 0.15) is 0 Å². The van der Waals surface area contributed by atoms with Crippen LogP contribution in [0.4, 0.5) is 0 Å². The lowest BCUT2D eigenvalue weighted by molar-refractivity contribution is 0.298. The van der Waals surface area contributed by atoms with Crippen LogP contribution in [0.25, 0.3) is 0 Å². The molecule has 0 saturated heterocycles. The molecule has 1 aromatic carbocycles. The van der Waals surface area contributed by atoms with Gasteiger partial charge in [0, 0.05) is 6.04 Å². The first kappa shape index (κ1) is 14.1. The van der Waals surface area contributed by atoms with Crippen molar-refractivity contribution in [1.29, 1.82) is 0 Å².